The number of benzene rings is 1. The van der Waals surface area contributed by atoms with Gasteiger partial charge in [-0.1, -0.05) is 0 Å². The molecule has 1 amide bonds. The van der Waals surface area contributed by atoms with Gasteiger partial charge in [0.1, 0.15) is 11.5 Å². The molecule has 0 saturated carbocycles. The molecule has 110 valence electrons. The Morgan fingerprint density at radius 3 is 2.20 bits per heavy atom. The van der Waals surface area contributed by atoms with E-state index in [9.17, 15) is 9.59 Å². The zero-order valence-electron chi connectivity index (χ0n) is 11.8. The third kappa shape index (κ3) is 4.79. The molecular weight excluding hydrogens is 262 g/mol. The monoisotopic (exact) mass is 281 g/mol. The Labute approximate surface area is 117 Å². The van der Waals surface area contributed by atoms with Gasteiger partial charge in [-0.15, -0.1) is 0 Å². The van der Waals surface area contributed by atoms with Crippen LogP contribution in [0.5, 0.6) is 11.5 Å². The standard InChI is InChI=1S/C14H19NO5/c1-9(4-5-13(16)17)15-14(18)10-6-11(19-2)8-12(7-10)20-3/h6-9H,4-5H2,1-3H3,(H,15,18)(H,16,17). The van der Waals surface area contributed by atoms with Crippen molar-refractivity contribution < 1.29 is 24.2 Å². The van der Waals surface area contributed by atoms with Crippen LogP contribution in [0.1, 0.15) is 30.1 Å². The molecule has 1 atom stereocenters. The summed E-state index contributed by atoms with van der Waals surface area (Å²) in [6.45, 7) is 1.76. The van der Waals surface area contributed by atoms with Crippen LogP contribution >= 0.6 is 0 Å². The van der Waals surface area contributed by atoms with Gasteiger partial charge in [-0.2, -0.15) is 0 Å². The predicted molar refractivity (Wildman–Crippen MR) is 73.3 cm³/mol. The van der Waals surface area contributed by atoms with Crippen molar-refractivity contribution in [3.05, 3.63) is 23.8 Å². The molecule has 0 fully saturated rings. The Morgan fingerprint density at radius 1 is 1.20 bits per heavy atom. The summed E-state index contributed by atoms with van der Waals surface area (Å²) >= 11 is 0. The molecule has 0 spiro atoms. The van der Waals surface area contributed by atoms with Crippen molar-refractivity contribution in [3.63, 3.8) is 0 Å². The number of hydrogen-bond acceptors (Lipinski definition) is 4. The lowest BCUT2D eigenvalue weighted by Crippen LogP contribution is -2.32. The largest absolute Gasteiger partial charge is 0.497 e. The van der Waals surface area contributed by atoms with Crippen LogP contribution in [0.2, 0.25) is 0 Å². The summed E-state index contributed by atoms with van der Waals surface area (Å²) in [6, 6.07) is 4.64. The van der Waals surface area contributed by atoms with Gasteiger partial charge in [0.15, 0.2) is 0 Å². The minimum atomic E-state index is -0.880. The number of nitrogens with one attached hydrogen (secondary N) is 1. The van der Waals surface area contributed by atoms with E-state index < -0.39 is 5.97 Å². The highest BCUT2D eigenvalue weighted by Gasteiger charge is 2.13. The maximum Gasteiger partial charge on any atom is 0.303 e. The van der Waals surface area contributed by atoms with Crippen molar-refractivity contribution in [1.82, 2.24) is 5.32 Å². The van der Waals surface area contributed by atoms with E-state index in [4.69, 9.17) is 14.6 Å². The number of ether oxygens (including phenoxy) is 2. The first-order chi connectivity index (χ1) is 9.46. The van der Waals surface area contributed by atoms with Crippen molar-refractivity contribution in [1.29, 1.82) is 0 Å². The highest BCUT2D eigenvalue weighted by Crippen LogP contribution is 2.22. The van der Waals surface area contributed by atoms with Crippen LogP contribution in [0.4, 0.5) is 0 Å². The van der Waals surface area contributed by atoms with E-state index in [2.05, 4.69) is 5.32 Å². The topological polar surface area (TPSA) is 84.9 Å². The smallest absolute Gasteiger partial charge is 0.303 e. The highest BCUT2D eigenvalue weighted by atomic mass is 16.5. The lowest BCUT2D eigenvalue weighted by atomic mass is 10.1. The molecule has 0 radical (unpaired) electrons. The maximum absolute atomic E-state index is 12.1. The maximum atomic E-state index is 12.1. The first-order valence-electron chi connectivity index (χ1n) is 6.22. The summed E-state index contributed by atoms with van der Waals surface area (Å²) in [7, 11) is 3.01. The Bertz CT molecular complexity index is 464. The third-order valence-electron chi connectivity index (χ3n) is 2.78. The van der Waals surface area contributed by atoms with E-state index in [1.807, 2.05) is 0 Å². The van der Waals surface area contributed by atoms with Crippen LogP contribution in [-0.4, -0.2) is 37.2 Å². The fraction of sp³-hybridized carbons (Fsp3) is 0.429. The van der Waals surface area contributed by atoms with Crippen LogP contribution < -0.4 is 14.8 Å². The van der Waals surface area contributed by atoms with Crippen LogP contribution in [-0.2, 0) is 4.79 Å². The van der Waals surface area contributed by atoms with Gasteiger partial charge in [0.05, 0.1) is 14.2 Å². The molecule has 2 N–H and O–H groups in total. The molecule has 0 aliphatic rings. The number of methoxy groups -OCH3 is 2. The van der Waals surface area contributed by atoms with Crippen molar-refractivity contribution >= 4 is 11.9 Å². The molecule has 0 aliphatic carbocycles. The second-order valence-electron chi connectivity index (χ2n) is 4.41. The molecule has 0 saturated heterocycles. The fourth-order valence-electron chi connectivity index (χ4n) is 1.66. The summed E-state index contributed by atoms with van der Waals surface area (Å²) in [4.78, 5) is 22.5. The number of carboxylic acid groups (broad SMARTS) is 1. The summed E-state index contributed by atoms with van der Waals surface area (Å²) in [5, 5.41) is 11.3. The normalized spacial score (nSPS) is 11.6. The Balaban J connectivity index is 2.73. The molecule has 20 heavy (non-hydrogen) atoms. The number of carbonyl (C=O) groups is 2. The second-order valence-corrected chi connectivity index (χ2v) is 4.41. The van der Waals surface area contributed by atoms with Gasteiger partial charge in [-0.05, 0) is 25.5 Å². The Kier molecular flexibility index (Phi) is 5.83. The van der Waals surface area contributed by atoms with Crippen LogP contribution in [0.3, 0.4) is 0 Å². The number of hydrogen-bond donors (Lipinski definition) is 2. The number of aliphatic carboxylic acids is 1. The first-order valence-corrected chi connectivity index (χ1v) is 6.22. The molecule has 0 aromatic heterocycles. The molecule has 0 aliphatic heterocycles. The highest BCUT2D eigenvalue weighted by molar-refractivity contribution is 5.95. The molecule has 1 rings (SSSR count). The van der Waals surface area contributed by atoms with Gasteiger partial charge < -0.3 is 19.9 Å². The summed E-state index contributed by atoms with van der Waals surface area (Å²) in [5.74, 6) is -0.130. The van der Waals surface area contributed by atoms with E-state index in [0.29, 0.717) is 23.5 Å². The molecule has 6 heteroatoms. The quantitative estimate of drug-likeness (QED) is 0.794. The second kappa shape index (κ2) is 7.37. The summed E-state index contributed by atoms with van der Waals surface area (Å²) in [5.41, 5.74) is 0.406. The third-order valence-corrected chi connectivity index (χ3v) is 2.78. The van der Waals surface area contributed by atoms with Gasteiger partial charge in [0.25, 0.3) is 5.91 Å². The Hall–Kier alpha value is -2.24. The summed E-state index contributed by atoms with van der Waals surface area (Å²) in [6.07, 6.45) is 0.394. The van der Waals surface area contributed by atoms with Gasteiger partial charge in [0.2, 0.25) is 0 Å². The van der Waals surface area contributed by atoms with E-state index >= 15 is 0 Å². The number of carboxylic acids is 1. The van der Waals surface area contributed by atoms with Crippen LogP contribution in [0.25, 0.3) is 0 Å². The lowest BCUT2D eigenvalue weighted by Gasteiger charge is -2.14. The van der Waals surface area contributed by atoms with Gasteiger partial charge in [-0.3, -0.25) is 9.59 Å². The van der Waals surface area contributed by atoms with Gasteiger partial charge >= 0.3 is 5.97 Å². The molecule has 6 nitrogen and oxygen atoms in total. The van der Waals surface area contributed by atoms with Crippen molar-refractivity contribution in [2.24, 2.45) is 0 Å². The predicted octanol–water partition coefficient (Wildman–Crippen LogP) is 1.69. The van der Waals surface area contributed by atoms with E-state index in [-0.39, 0.29) is 18.4 Å². The molecule has 1 aromatic carbocycles. The SMILES string of the molecule is COc1cc(OC)cc(C(=O)NC(C)CCC(=O)O)c1. The first kappa shape index (κ1) is 15.8. The molecule has 1 unspecified atom stereocenters. The zero-order chi connectivity index (χ0) is 15.1. The summed E-state index contributed by atoms with van der Waals surface area (Å²) < 4.78 is 10.2. The van der Waals surface area contributed by atoms with E-state index in [0.717, 1.165) is 0 Å². The molecule has 0 bridgehead atoms. The minimum Gasteiger partial charge on any atom is -0.497 e. The van der Waals surface area contributed by atoms with Crippen molar-refractivity contribution in [2.75, 3.05) is 14.2 Å². The van der Waals surface area contributed by atoms with E-state index in [1.165, 1.54) is 14.2 Å². The number of rotatable bonds is 7. The fourth-order valence-corrected chi connectivity index (χ4v) is 1.66. The zero-order valence-corrected chi connectivity index (χ0v) is 11.8. The van der Waals surface area contributed by atoms with Crippen LogP contribution in [0.15, 0.2) is 18.2 Å². The average molecular weight is 281 g/mol. The molecule has 0 heterocycles. The molecular formula is C14H19NO5. The minimum absolute atomic E-state index is 0.0167. The molecule has 1 aromatic rings. The van der Waals surface area contributed by atoms with Crippen LogP contribution in [0, 0.1) is 0 Å². The average Bonchev–Trinajstić information content (AvgIpc) is 2.44. The lowest BCUT2D eigenvalue weighted by molar-refractivity contribution is -0.137. The van der Waals surface area contributed by atoms with Gasteiger partial charge in [-0.25, -0.2) is 0 Å². The van der Waals surface area contributed by atoms with Gasteiger partial charge in [0, 0.05) is 24.1 Å². The van der Waals surface area contributed by atoms with Crippen molar-refractivity contribution in [2.45, 2.75) is 25.8 Å². The number of amides is 1. The van der Waals surface area contributed by atoms with Crippen molar-refractivity contribution in [3.8, 4) is 11.5 Å². The number of carbonyl (C=O) groups excluding carboxylic acids is 1. The van der Waals surface area contributed by atoms with E-state index in [1.54, 1.807) is 25.1 Å². The Morgan fingerprint density at radius 2 is 1.75 bits per heavy atom.